The van der Waals surface area contributed by atoms with Gasteiger partial charge in [-0.05, 0) is 35.9 Å². The van der Waals surface area contributed by atoms with Crippen LogP contribution in [0.1, 0.15) is 15.9 Å². The van der Waals surface area contributed by atoms with E-state index in [1.807, 2.05) is 79.7 Å². The van der Waals surface area contributed by atoms with Crippen molar-refractivity contribution in [1.82, 2.24) is 9.97 Å². The van der Waals surface area contributed by atoms with Gasteiger partial charge in [-0.25, -0.2) is 9.97 Å². The number of Topliss-reactive ketones (excluding diaryl/α,β-unsaturated/α-hetero) is 1. The highest BCUT2D eigenvalue weighted by atomic mass is 32.1. The third kappa shape index (κ3) is 3.73. The Labute approximate surface area is 162 Å². The molecule has 0 aliphatic rings. The summed E-state index contributed by atoms with van der Waals surface area (Å²) >= 11 is 1.62. The summed E-state index contributed by atoms with van der Waals surface area (Å²) in [4.78, 5) is 23.6. The van der Waals surface area contributed by atoms with Gasteiger partial charge in [-0.3, -0.25) is 4.79 Å². The highest BCUT2D eigenvalue weighted by Crippen LogP contribution is 2.29. The molecule has 0 amide bonds. The Balaban J connectivity index is 1.59. The highest BCUT2D eigenvalue weighted by molar-refractivity contribution is 7.21. The Bertz CT molecular complexity index is 1080. The second-order valence-corrected chi connectivity index (χ2v) is 7.62. The third-order valence-corrected chi connectivity index (χ3v) is 5.45. The van der Waals surface area contributed by atoms with Crippen LogP contribution in [-0.4, -0.2) is 29.8 Å². The van der Waals surface area contributed by atoms with Gasteiger partial charge in [-0.15, -0.1) is 11.3 Å². The number of ketones is 1. The summed E-state index contributed by atoms with van der Waals surface area (Å²) in [6.45, 7) is 0. The molecule has 0 radical (unpaired) electrons. The van der Waals surface area contributed by atoms with Crippen molar-refractivity contribution in [1.29, 1.82) is 0 Å². The van der Waals surface area contributed by atoms with E-state index in [4.69, 9.17) is 0 Å². The molecule has 134 valence electrons. The maximum Gasteiger partial charge on any atom is 0.170 e. The van der Waals surface area contributed by atoms with E-state index in [2.05, 4.69) is 9.97 Å². The fraction of sp³-hybridized carbons (Fsp3) is 0.136. The second-order valence-electron chi connectivity index (χ2n) is 6.59. The number of benzene rings is 2. The largest absolute Gasteiger partial charge is 0.378 e. The first-order valence-corrected chi connectivity index (χ1v) is 9.53. The Hall–Kier alpha value is -3.05. The number of hydrogen-bond acceptors (Lipinski definition) is 5. The SMILES string of the molecule is CN(C)c1cccc(C(=O)Cc2cccc(-c3nc4ncccc4s3)c2)c1. The molecule has 0 aliphatic heterocycles. The van der Waals surface area contributed by atoms with E-state index in [1.165, 1.54) is 0 Å². The van der Waals surface area contributed by atoms with Crippen molar-refractivity contribution in [2.45, 2.75) is 6.42 Å². The number of hydrogen-bond donors (Lipinski definition) is 0. The van der Waals surface area contributed by atoms with Gasteiger partial charge in [0.05, 0.1) is 4.70 Å². The number of fused-ring (bicyclic) bond motifs is 1. The van der Waals surface area contributed by atoms with Crippen LogP contribution < -0.4 is 4.90 Å². The van der Waals surface area contributed by atoms with Crippen LogP contribution in [0.25, 0.3) is 20.9 Å². The first-order chi connectivity index (χ1) is 13.1. The molecule has 5 heteroatoms. The lowest BCUT2D eigenvalue weighted by molar-refractivity contribution is 0.0993. The van der Waals surface area contributed by atoms with E-state index in [0.29, 0.717) is 6.42 Å². The third-order valence-electron chi connectivity index (χ3n) is 4.39. The number of rotatable bonds is 5. The number of carbonyl (C=O) groups excluding carboxylic acids is 1. The fourth-order valence-electron chi connectivity index (χ4n) is 2.95. The number of carbonyl (C=O) groups is 1. The van der Waals surface area contributed by atoms with Gasteiger partial charge in [0.25, 0.3) is 0 Å². The van der Waals surface area contributed by atoms with Crippen molar-refractivity contribution in [2.24, 2.45) is 0 Å². The Kier molecular flexibility index (Phi) is 4.69. The average Bonchev–Trinajstić information content (AvgIpc) is 3.12. The topological polar surface area (TPSA) is 46.1 Å². The van der Waals surface area contributed by atoms with E-state index in [0.717, 1.165) is 37.7 Å². The number of nitrogens with zero attached hydrogens (tertiary/aromatic N) is 3. The monoisotopic (exact) mass is 373 g/mol. The van der Waals surface area contributed by atoms with Crippen LogP contribution >= 0.6 is 11.3 Å². The summed E-state index contributed by atoms with van der Waals surface area (Å²) in [6, 6.07) is 19.7. The van der Waals surface area contributed by atoms with Crippen LogP contribution in [0.5, 0.6) is 0 Å². The molecule has 2 aromatic carbocycles. The molecule has 0 saturated carbocycles. The van der Waals surface area contributed by atoms with Crippen LogP contribution in [0.2, 0.25) is 0 Å². The van der Waals surface area contributed by atoms with Crippen molar-refractivity contribution in [2.75, 3.05) is 19.0 Å². The lowest BCUT2D eigenvalue weighted by atomic mass is 10.0. The molecule has 0 spiro atoms. The molecule has 0 fully saturated rings. The summed E-state index contributed by atoms with van der Waals surface area (Å²) in [5, 5.41) is 0.924. The van der Waals surface area contributed by atoms with Crippen LogP contribution in [0, 0.1) is 0 Å². The Morgan fingerprint density at radius 3 is 2.70 bits per heavy atom. The zero-order valence-electron chi connectivity index (χ0n) is 15.2. The van der Waals surface area contributed by atoms with Gasteiger partial charge in [0.1, 0.15) is 5.01 Å². The molecule has 0 N–H and O–H groups in total. The maximum absolute atomic E-state index is 12.7. The maximum atomic E-state index is 12.7. The smallest absolute Gasteiger partial charge is 0.170 e. The Morgan fingerprint density at radius 2 is 1.89 bits per heavy atom. The average molecular weight is 373 g/mol. The molecule has 0 aliphatic carbocycles. The van der Waals surface area contributed by atoms with Crippen LogP contribution in [0.4, 0.5) is 5.69 Å². The first-order valence-electron chi connectivity index (χ1n) is 8.71. The predicted octanol–water partition coefficient (Wildman–Crippen LogP) is 4.85. The summed E-state index contributed by atoms with van der Waals surface area (Å²) in [6.07, 6.45) is 2.12. The second kappa shape index (κ2) is 7.29. The summed E-state index contributed by atoms with van der Waals surface area (Å²) in [5.74, 6) is 0.113. The van der Waals surface area contributed by atoms with Crippen molar-refractivity contribution < 1.29 is 4.79 Å². The molecule has 0 unspecified atom stereocenters. The molecule has 2 aromatic heterocycles. The van der Waals surface area contributed by atoms with Crippen molar-refractivity contribution in [3.63, 3.8) is 0 Å². The molecular formula is C22H19N3OS. The molecule has 0 bridgehead atoms. The van der Waals surface area contributed by atoms with E-state index in [9.17, 15) is 4.79 Å². The van der Waals surface area contributed by atoms with Crippen molar-refractivity contribution >= 4 is 33.2 Å². The molecule has 4 aromatic rings. The molecule has 27 heavy (non-hydrogen) atoms. The standard InChI is InChI=1S/C22H19N3OS/c1-25(2)18-9-4-7-16(14-18)19(26)13-15-6-3-8-17(12-15)22-24-21-20(27-22)10-5-11-23-21/h3-12,14H,13H2,1-2H3. The minimum Gasteiger partial charge on any atom is -0.378 e. The molecule has 0 atom stereocenters. The molecule has 4 rings (SSSR count). The normalized spacial score (nSPS) is 10.9. The minimum atomic E-state index is 0.113. The van der Waals surface area contributed by atoms with Crippen molar-refractivity contribution in [3.05, 3.63) is 78.0 Å². The van der Waals surface area contributed by atoms with Crippen LogP contribution in [-0.2, 0) is 6.42 Å². The molecule has 0 saturated heterocycles. The fourth-order valence-corrected chi connectivity index (χ4v) is 3.87. The lowest BCUT2D eigenvalue weighted by Gasteiger charge is -2.13. The predicted molar refractivity (Wildman–Crippen MR) is 112 cm³/mol. The van der Waals surface area contributed by atoms with Crippen LogP contribution in [0.15, 0.2) is 66.9 Å². The zero-order valence-corrected chi connectivity index (χ0v) is 16.0. The van der Waals surface area contributed by atoms with E-state index < -0.39 is 0 Å². The van der Waals surface area contributed by atoms with Gasteiger partial charge in [0.15, 0.2) is 11.4 Å². The van der Waals surface area contributed by atoms with E-state index >= 15 is 0 Å². The van der Waals surface area contributed by atoms with Gasteiger partial charge in [-0.1, -0.05) is 30.3 Å². The molecular weight excluding hydrogens is 354 g/mol. The molecule has 2 heterocycles. The zero-order chi connectivity index (χ0) is 18.8. The summed E-state index contributed by atoms with van der Waals surface area (Å²) < 4.78 is 1.06. The quantitative estimate of drug-likeness (QED) is 0.469. The van der Waals surface area contributed by atoms with Gasteiger partial charge >= 0.3 is 0 Å². The Morgan fingerprint density at radius 1 is 1.04 bits per heavy atom. The number of thiazole rings is 1. The number of anilines is 1. The molecule has 4 nitrogen and oxygen atoms in total. The van der Waals surface area contributed by atoms with Gasteiger partial charge in [0.2, 0.25) is 0 Å². The minimum absolute atomic E-state index is 0.113. The van der Waals surface area contributed by atoms with Gasteiger partial charge in [0, 0.05) is 43.5 Å². The summed E-state index contributed by atoms with van der Waals surface area (Å²) in [5.41, 5.74) is 4.53. The first kappa shape index (κ1) is 17.4. The van der Waals surface area contributed by atoms with Gasteiger partial charge < -0.3 is 4.90 Å². The number of aromatic nitrogens is 2. The van der Waals surface area contributed by atoms with E-state index in [-0.39, 0.29) is 5.78 Å². The number of pyridine rings is 1. The summed E-state index contributed by atoms with van der Waals surface area (Å²) in [7, 11) is 3.94. The van der Waals surface area contributed by atoms with Crippen LogP contribution in [0.3, 0.4) is 0 Å². The van der Waals surface area contributed by atoms with Gasteiger partial charge in [-0.2, -0.15) is 0 Å². The lowest BCUT2D eigenvalue weighted by Crippen LogP contribution is -2.10. The van der Waals surface area contributed by atoms with Crippen molar-refractivity contribution in [3.8, 4) is 10.6 Å². The van der Waals surface area contributed by atoms with E-state index in [1.54, 1.807) is 17.5 Å². The highest BCUT2D eigenvalue weighted by Gasteiger charge is 2.11.